The highest BCUT2D eigenvalue weighted by molar-refractivity contribution is 7.19. The summed E-state index contributed by atoms with van der Waals surface area (Å²) in [6.07, 6.45) is 4.24. The van der Waals surface area contributed by atoms with Gasteiger partial charge in [-0.1, -0.05) is 36.3 Å². The van der Waals surface area contributed by atoms with Crippen LogP contribution in [-0.4, -0.2) is 11.0 Å². The average Bonchev–Trinajstić information content (AvgIpc) is 2.67. The highest BCUT2D eigenvalue weighted by Crippen LogP contribution is 2.37. The molecule has 1 saturated carbocycles. The first-order valence-corrected chi connectivity index (χ1v) is 5.37. The van der Waals surface area contributed by atoms with Crippen molar-refractivity contribution in [2.75, 3.05) is 5.32 Å². The number of aromatic nitrogens is 1. The van der Waals surface area contributed by atoms with Crippen molar-refractivity contribution < 1.29 is 0 Å². The lowest BCUT2D eigenvalue weighted by molar-refractivity contribution is 0.774. The smallest absolute Gasteiger partial charge is 0.184 e. The summed E-state index contributed by atoms with van der Waals surface area (Å²) < 4.78 is 0.756. The molecular formula is C8H11ClN2S. The van der Waals surface area contributed by atoms with Gasteiger partial charge in [-0.05, 0) is 12.3 Å². The van der Waals surface area contributed by atoms with E-state index in [0.717, 1.165) is 15.4 Å². The highest BCUT2D eigenvalue weighted by Gasteiger charge is 2.35. The summed E-state index contributed by atoms with van der Waals surface area (Å²) in [7, 11) is 0. The molecule has 0 aromatic carbocycles. The summed E-state index contributed by atoms with van der Waals surface area (Å²) in [6, 6.07) is 0.650. The Labute approximate surface area is 81.0 Å². The molecule has 1 aromatic heterocycles. The van der Waals surface area contributed by atoms with Gasteiger partial charge in [0.15, 0.2) is 5.13 Å². The van der Waals surface area contributed by atoms with Crippen LogP contribution in [-0.2, 0) is 0 Å². The largest absolute Gasteiger partial charge is 0.358 e. The molecule has 4 heteroatoms. The van der Waals surface area contributed by atoms with Crippen LogP contribution in [0.4, 0.5) is 5.13 Å². The van der Waals surface area contributed by atoms with Gasteiger partial charge in [0.1, 0.15) is 4.34 Å². The first-order valence-electron chi connectivity index (χ1n) is 4.17. The molecule has 0 unspecified atom stereocenters. The molecule has 0 saturated heterocycles. The van der Waals surface area contributed by atoms with Crippen LogP contribution >= 0.6 is 22.9 Å². The molecule has 2 rings (SSSR count). The van der Waals surface area contributed by atoms with Gasteiger partial charge in [-0.15, -0.1) is 0 Å². The zero-order valence-electron chi connectivity index (χ0n) is 6.88. The second-order valence-electron chi connectivity index (χ2n) is 3.12. The molecular weight excluding hydrogens is 192 g/mol. The number of anilines is 1. The van der Waals surface area contributed by atoms with E-state index in [4.69, 9.17) is 11.6 Å². The average molecular weight is 203 g/mol. The molecule has 1 aliphatic rings. The van der Waals surface area contributed by atoms with Crippen molar-refractivity contribution in [1.82, 2.24) is 4.98 Å². The maximum atomic E-state index is 5.75. The third-order valence-electron chi connectivity index (χ3n) is 2.23. The molecule has 1 fully saturated rings. The van der Waals surface area contributed by atoms with Crippen molar-refractivity contribution in [3.05, 3.63) is 10.5 Å². The zero-order chi connectivity index (χ0) is 8.55. The Balaban J connectivity index is 1.89. The predicted molar refractivity (Wildman–Crippen MR) is 52.9 cm³/mol. The Morgan fingerprint density at radius 1 is 1.83 bits per heavy atom. The van der Waals surface area contributed by atoms with Crippen molar-refractivity contribution >= 4 is 28.1 Å². The number of rotatable bonds is 3. The van der Waals surface area contributed by atoms with Gasteiger partial charge >= 0.3 is 0 Å². The number of thiazole rings is 1. The van der Waals surface area contributed by atoms with E-state index in [0.29, 0.717) is 6.04 Å². The van der Waals surface area contributed by atoms with Gasteiger partial charge in [0.25, 0.3) is 0 Å². The fourth-order valence-electron chi connectivity index (χ4n) is 1.36. The summed E-state index contributed by atoms with van der Waals surface area (Å²) in [5.74, 6) is 0.854. The molecule has 66 valence electrons. The molecule has 2 atom stereocenters. The van der Waals surface area contributed by atoms with Crippen molar-refractivity contribution in [3.63, 3.8) is 0 Å². The molecule has 0 bridgehead atoms. The topological polar surface area (TPSA) is 24.9 Å². The third kappa shape index (κ3) is 1.72. The molecule has 1 N–H and O–H groups in total. The summed E-state index contributed by atoms with van der Waals surface area (Å²) in [5, 5.41) is 4.32. The maximum Gasteiger partial charge on any atom is 0.184 e. The van der Waals surface area contributed by atoms with E-state index in [1.807, 2.05) is 0 Å². The Hall–Kier alpha value is -0.280. The van der Waals surface area contributed by atoms with Crippen LogP contribution in [0.25, 0.3) is 0 Å². The molecule has 0 amide bonds. The van der Waals surface area contributed by atoms with Crippen LogP contribution in [0.2, 0.25) is 4.34 Å². The van der Waals surface area contributed by atoms with Crippen LogP contribution in [0.5, 0.6) is 0 Å². The normalized spacial score (nSPS) is 27.2. The third-order valence-corrected chi connectivity index (χ3v) is 3.28. The second-order valence-corrected chi connectivity index (χ2v) is 4.79. The van der Waals surface area contributed by atoms with E-state index < -0.39 is 0 Å². The van der Waals surface area contributed by atoms with Gasteiger partial charge in [-0.3, -0.25) is 0 Å². The summed E-state index contributed by atoms with van der Waals surface area (Å²) in [5.41, 5.74) is 0. The molecule has 2 nitrogen and oxygen atoms in total. The Morgan fingerprint density at radius 2 is 2.67 bits per heavy atom. The zero-order valence-corrected chi connectivity index (χ0v) is 8.45. The first kappa shape index (κ1) is 8.32. The SMILES string of the molecule is CC[C@@H]1C[C@H]1Nc1ncc(Cl)s1. The number of halogens is 1. The van der Waals surface area contributed by atoms with Crippen molar-refractivity contribution in [1.29, 1.82) is 0 Å². The molecule has 1 aliphatic carbocycles. The van der Waals surface area contributed by atoms with E-state index in [-0.39, 0.29) is 0 Å². The molecule has 1 aromatic rings. The number of nitrogens with one attached hydrogen (secondary N) is 1. The second kappa shape index (κ2) is 3.23. The van der Waals surface area contributed by atoms with Crippen molar-refractivity contribution in [2.45, 2.75) is 25.8 Å². The lowest BCUT2D eigenvalue weighted by Crippen LogP contribution is -2.03. The lowest BCUT2D eigenvalue weighted by atomic mass is 10.3. The molecule has 0 radical (unpaired) electrons. The Kier molecular flexibility index (Phi) is 2.24. The van der Waals surface area contributed by atoms with E-state index in [9.17, 15) is 0 Å². The quantitative estimate of drug-likeness (QED) is 0.815. The minimum atomic E-state index is 0.650. The fourth-order valence-corrected chi connectivity index (χ4v) is 2.23. The molecule has 1 heterocycles. The highest BCUT2D eigenvalue weighted by atomic mass is 35.5. The van der Waals surface area contributed by atoms with Crippen LogP contribution in [0, 0.1) is 5.92 Å². The number of hydrogen-bond donors (Lipinski definition) is 1. The van der Waals surface area contributed by atoms with E-state index >= 15 is 0 Å². The minimum absolute atomic E-state index is 0.650. The molecule has 12 heavy (non-hydrogen) atoms. The standard InChI is InChI=1S/C8H11ClN2S/c1-2-5-3-6(5)11-8-10-4-7(9)12-8/h4-6H,2-3H2,1H3,(H,10,11)/t5-,6-/m1/s1. The summed E-state index contributed by atoms with van der Waals surface area (Å²) in [6.45, 7) is 2.22. The van der Waals surface area contributed by atoms with E-state index in [2.05, 4.69) is 17.2 Å². The minimum Gasteiger partial charge on any atom is -0.358 e. The monoisotopic (exact) mass is 202 g/mol. The van der Waals surface area contributed by atoms with Crippen LogP contribution in [0.1, 0.15) is 19.8 Å². The van der Waals surface area contributed by atoms with Gasteiger partial charge in [0.2, 0.25) is 0 Å². The van der Waals surface area contributed by atoms with Gasteiger partial charge < -0.3 is 5.32 Å². The molecule has 0 aliphatic heterocycles. The van der Waals surface area contributed by atoms with Crippen molar-refractivity contribution in [2.24, 2.45) is 5.92 Å². The molecule has 0 spiro atoms. The Morgan fingerprint density at radius 3 is 3.17 bits per heavy atom. The summed E-state index contributed by atoms with van der Waals surface area (Å²) >= 11 is 7.26. The van der Waals surface area contributed by atoms with E-state index in [1.165, 1.54) is 24.2 Å². The maximum absolute atomic E-state index is 5.75. The number of nitrogens with zero attached hydrogens (tertiary/aromatic N) is 1. The van der Waals surface area contributed by atoms with Crippen LogP contribution < -0.4 is 5.32 Å². The van der Waals surface area contributed by atoms with Gasteiger partial charge in [-0.25, -0.2) is 4.98 Å². The van der Waals surface area contributed by atoms with Crippen LogP contribution in [0.15, 0.2) is 6.20 Å². The Bertz CT molecular complexity index is 274. The number of hydrogen-bond acceptors (Lipinski definition) is 3. The summed E-state index contributed by atoms with van der Waals surface area (Å²) in [4.78, 5) is 4.14. The van der Waals surface area contributed by atoms with Gasteiger partial charge in [0.05, 0.1) is 6.20 Å². The van der Waals surface area contributed by atoms with Crippen molar-refractivity contribution in [3.8, 4) is 0 Å². The van der Waals surface area contributed by atoms with Gasteiger partial charge in [-0.2, -0.15) is 0 Å². The lowest BCUT2D eigenvalue weighted by Gasteiger charge is -1.98. The van der Waals surface area contributed by atoms with Crippen LogP contribution in [0.3, 0.4) is 0 Å². The van der Waals surface area contributed by atoms with E-state index in [1.54, 1.807) is 6.20 Å². The first-order chi connectivity index (χ1) is 5.79. The fraction of sp³-hybridized carbons (Fsp3) is 0.625. The predicted octanol–water partition coefficient (Wildman–Crippen LogP) is 3.01. The van der Waals surface area contributed by atoms with Gasteiger partial charge in [0, 0.05) is 6.04 Å².